The van der Waals surface area contributed by atoms with E-state index in [1.807, 2.05) is 14.1 Å². The molecule has 0 saturated carbocycles. The number of nitrogens with one attached hydrogen (secondary N) is 1. The quantitative estimate of drug-likeness (QED) is 0.752. The maximum Gasteiger partial charge on any atom is 0.424 e. The summed E-state index contributed by atoms with van der Waals surface area (Å²) < 4.78 is 40.8. The van der Waals surface area contributed by atoms with Crippen LogP contribution in [0.5, 0.6) is 0 Å². The van der Waals surface area contributed by atoms with Gasteiger partial charge in [-0.3, -0.25) is 9.89 Å². The van der Waals surface area contributed by atoms with Crippen LogP contribution in [0.4, 0.5) is 19.1 Å². The third-order valence-corrected chi connectivity index (χ3v) is 6.09. The molecule has 1 aliphatic heterocycles. The second-order valence-corrected chi connectivity index (χ2v) is 8.26. The summed E-state index contributed by atoms with van der Waals surface area (Å²) in [6, 6.07) is 0. The molecule has 3 rings (SSSR count). The van der Waals surface area contributed by atoms with Gasteiger partial charge < -0.3 is 14.9 Å². The predicted octanol–water partition coefficient (Wildman–Crippen LogP) is 2.18. The van der Waals surface area contributed by atoms with Gasteiger partial charge in [-0.15, -0.1) is 16.4 Å². The van der Waals surface area contributed by atoms with Crippen molar-refractivity contribution < 1.29 is 23.1 Å². The number of anilines is 1. The second-order valence-electron chi connectivity index (χ2n) is 7.40. The summed E-state index contributed by atoms with van der Waals surface area (Å²) in [4.78, 5) is 23.9. The average molecular weight is 432 g/mol. The lowest BCUT2D eigenvalue weighted by Gasteiger charge is -2.34. The molecule has 1 amide bonds. The lowest BCUT2D eigenvalue weighted by Crippen LogP contribution is -2.48. The largest absolute Gasteiger partial charge is 0.424 e. The topological polar surface area (TPSA) is 98.2 Å². The van der Waals surface area contributed by atoms with Crippen molar-refractivity contribution in [3.63, 3.8) is 0 Å². The Morgan fingerprint density at radius 3 is 2.48 bits per heavy atom. The number of carbonyl (C=O) groups is 1. The molecule has 0 aromatic carbocycles. The number of aromatic amines is 1. The zero-order valence-electron chi connectivity index (χ0n) is 16.3. The van der Waals surface area contributed by atoms with Gasteiger partial charge in [0.2, 0.25) is 17.5 Å². The van der Waals surface area contributed by atoms with Gasteiger partial charge in [-0.1, -0.05) is 0 Å². The number of alkyl halides is 3. The summed E-state index contributed by atoms with van der Waals surface area (Å²) in [7, 11) is 3.64. The predicted molar refractivity (Wildman–Crippen MR) is 101 cm³/mol. The first kappa shape index (κ1) is 21.5. The molecule has 2 aromatic heterocycles. The number of hydrogen-bond acceptors (Lipinski definition) is 7. The van der Waals surface area contributed by atoms with E-state index in [2.05, 4.69) is 20.2 Å². The number of hydrogen-bond donors (Lipinski definition) is 2. The summed E-state index contributed by atoms with van der Waals surface area (Å²) in [6.07, 6.45) is -4.99. The Bertz CT molecular complexity index is 859. The van der Waals surface area contributed by atoms with Crippen LogP contribution < -0.4 is 4.90 Å². The highest BCUT2D eigenvalue weighted by Gasteiger charge is 2.58. The van der Waals surface area contributed by atoms with Crippen molar-refractivity contribution in [2.24, 2.45) is 0 Å². The number of H-pyrrole nitrogens is 1. The third-order valence-electron chi connectivity index (χ3n) is 4.97. The van der Waals surface area contributed by atoms with Crippen LogP contribution in [0.15, 0.2) is 5.38 Å². The first-order valence-electron chi connectivity index (χ1n) is 9.10. The van der Waals surface area contributed by atoms with Gasteiger partial charge in [0, 0.05) is 44.2 Å². The first-order valence-corrected chi connectivity index (χ1v) is 9.98. The van der Waals surface area contributed by atoms with E-state index in [1.54, 1.807) is 4.90 Å². The summed E-state index contributed by atoms with van der Waals surface area (Å²) in [5.74, 6) is 0.546. The Hall–Kier alpha value is -2.21. The van der Waals surface area contributed by atoms with Gasteiger partial charge in [0.15, 0.2) is 0 Å². The van der Waals surface area contributed by atoms with Crippen molar-refractivity contribution in [3.8, 4) is 0 Å². The smallest absolute Gasteiger partial charge is 0.374 e. The number of aromatic nitrogens is 4. The van der Waals surface area contributed by atoms with E-state index in [4.69, 9.17) is 0 Å². The van der Waals surface area contributed by atoms with Gasteiger partial charge in [-0.25, -0.2) is 4.98 Å². The molecule has 1 fully saturated rings. The number of piperidine rings is 1. The maximum atomic E-state index is 13.6. The minimum atomic E-state index is -5.01. The van der Waals surface area contributed by atoms with Crippen LogP contribution in [0.2, 0.25) is 0 Å². The Kier molecular flexibility index (Phi) is 5.86. The fourth-order valence-corrected chi connectivity index (χ4v) is 4.14. The molecule has 0 radical (unpaired) electrons. The van der Waals surface area contributed by atoms with E-state index in [1.165, 1.54) is 17.2 Å². The molecule has 2 aromatic rings. The van der Waals surface area contributed by atoms with E-state index in [0.29, 0.717) is 41.6 Å². The van der Waals surface area contributed by atoms with Crippen molar-refractivity contribution in [3.05, 3.63) is 21.9 Å². The van der Waals surface area contributed by atoms with Crippen molar-refractivity contribution in [2.75, 3.05) is 32.1 Å². The van der Waals surface area contributed by atoms with Crippen molar-refractivity contribution >= 4 is 23.2 Å². The van der Waals surface area contributed by atoms with E-state index in [-0.39, 0.29) is 19.0 Å². The molecule has 2 N–H and O–H groups in total. The zero-order valence-corrected chi connectivity index (χ0v) is 17.1. The van der Waals surface area contributed by atoms with Gasteiger partial charge in [-0.2, -0.15) is 18.2 Å². The number of amides is 1. The third kappa shape index (κ3) is 4.37. The number of rotatable bonds is 5. The molecule has 8 nitrogen and oxygen atoms in total. The van der Waals surface area contributed by atoms with E-state index < -0.39 is 29.1 Å². The van der Waals surface area contributed by atoms with Crippen LogP contribution in [0.3, 0.4) is 0 Å². The summed E-state index contributed by atoms with van der Waals surface area (Å²) >= 11 is 0.699. The van der Waals surface area contributed by atoms with Gasteiger partial charge in [0.25, 0.3) is 0 Å². The van der Waals surface area contributed by atoms with Crippen LogP contribution in [0.1, 0.15) is 41.7 Å². The van der Waals surface area contributed by atoms with E-state index >= 15 is 0 Å². The molecule has 12 heteroatoms. The molecule has 1 aliphatic rings. The summed E-state index contributed by atoms with van der Waals surface area (Å²) in [6.45, 7) is 2.10. The molecule has 1 saturated heterocycles. The van der Waals surface area contributed by atoms with Crippen LogP contribution in [-0.2, 0) is 10.4 Å². The van der Waals surface area contributed by atoms with Crippen LogP contribution in [0.25, 0.3) is 0 Å². The number of likely N-dealkylation sites (tertiary alicyclic amines) is 1. The number of thiazole rings is 1. The monoisotopic (exact) mass is 432 g/mol. The number of aliphatic hydroxyl groups is 1. The SMILES string of the molecule is Cc1csc(C(O)(CC(=O)N2CCC(c3nc(N(C)C)n[nH]3)CC2)C(F)(F)F)n1. The Morgan fingerprint density at radius 2 is 2.00 bits per heavy atom. The molecule has 0 bridgehead atoms. The molecule has 160 valence electrons. The molecule has 1 unspecified atom stereocenters. The van der Waals surface area contributed by atoms with Crippen LogP contribution in [-0.4, -0.2) is 69.4 Å². The minimum absolute atomic E-state index is 0.0448. The van der Waals surface area contributed by atoms with Gasteiger partial charge >= 0.3 is 6.18 Å². The van der Waals surface area contributed by atoms with E-state index in [9.17, 15) is 23.1 Å². The fourth-order valence-electron chi connectivity index (χ4n) is 3.22. The van der Waals surface area contributed by atoms with Crippen molar-refractivity contribution in [1.29, 1.82) is 0 Å². The lowest BCUT2D eigenvalue weighted by atomic mass is 9.94. The summed E-state index contributed by atoms with van der Waals surface area (Å²) in [5, 5.41) is 18.3. The first-order chi connectivity index (χ1) is 13.5. The fraction of sp³-hybridized carbons (Fsp3) is 0.647. The molecular weight excluding hydrogens is 409 g/mol. The number of halogens is 3. The zero-order chi connectivity index (χ0) is 21.4. The second kappa shape index (κ2) is 7.90. The van der Waals surface area contributed by atoms with Crippen molar-refractivity contribution in [2.45, 2.75) is 43.9 Å². The normalized spacial score (nSPS) is 18.0. The van der Waals surface area contributed by atoms with Gasteiger partial charge in [-0.05, 0) is 19.8 Å². The minimum Gasteiger partial charge on any atom is -0.374 e. The molecule has 0 spiro atoms. The maximum absolute atomic E-state index is 13.6. The number of aryl methyl sites for hydroxylation is 1. The highest BCUT2D eigenvalue weighted by Crippen LogP contribution is 2.43. The molecular formula is C17H23F3N6O2S. The van der Waals surface area contributed by atoms with Gasteiger partial charge in [0.05, 0.1) is 6.42 Å². The molecule has 1 atom stereocenters. The Labute approximate surface area is 169 Å². The average Bonchev–Trinajstić information content (AvgIpc) is 3.30. The lowest BCUT2D eigenvalue weighted by molar-refractivity contribution is -0.268. The van der Waals surface area contributed by atoms with Crippen molar-refractivity contribution in [1.82, 2.24) is 25.1 Å². The summed E-state index contributed by atoms with van der Waals surface area (Å²) in [5.41, 5.74) is -2.92. The van der Waals surface area contributed by atoms with Crippen LogP contribution >= 0.6 is 11.3 Å². The molecule has 3 heterocycles. The Balaban J connectivity index is 1.66. The number of carbonyl (C=O) groups excluding carboxylic acids is 1. The van der Waals surface area contributed by atoms with Crippen LogP contribution in [0, 0.1) is 6.92 Å². The number of nitrogens with zero attached hydrogens (tertiary/aromatic N) is 5. The standard InChI is InChI=1S/C17H23F3N6O2S/c1-10-9-29-14(21-10)16(28,17(18,19)20)8-12(27)26-6-4-11(5-7-26)13-22-15(24-23-13)25(2)3/h9,11,28H,4-8H2,1-3H3,(H,22,23,24). The van der Waals surface area contributed by atoms with Gasteiger partial charge in [0.1, 0.15) is 10.8 Å². The Morgan fingerprint density at radius 1 is 1.34 bits per heavy atom. The highest BCUT2D eigenvalue weighted by molar-refractivity contribution is 7.09. The van der Waals surface area contributed by atoms with E-state index in [0.717, 1.165) is 0 Å². The highest BCUT2D eigenvalue weighted by atomic mass is 32.1. The molecule has 0 aliphatic carbocycles. The molecule has 29 heavy (non-hydrogen) atoms.